The molecule has 0 amide bonds. The summed E-state index contributed by atoms with van der Waals surface area (Å²) in [7, 11) is 0. The highest BCUT2D eigenvalue weighted by atomic mass is 15.2. The highest BCUT2D eigenvalue weighted by Gasteiger charge is 2.37. The standard InChI is InChI=1S/C21H27N9/c1-14-11-18(28-27-14)25-19-13-29-10-8-23-21(29)20(26-19)24-15-3-4-16-5-6-17(12-15)30(16)9-2-7-22/h8,10-11,13,15-17H,2-6,9,12H2,1H3,(H,24,26)(H2,25,27,28)/t15-,16?,17+/m1/s1. The van der Waals surface area contributed by atoms with Crippen LogP contribution in [0.25, 0.3) is 5.65 Å². The maximum absolute atomic E-state index is 9.00. The second-order valence-electron chi connectivity index (χ2n) is 8.38. The van der Waals surface area contributed by atoms with Gasteiger partial charge in [0.25, 0.3) is 0 Å². The van der Waals surface area contributed by atoms with Gasteiger partial charge in [-0.15, -0.1) is 0 Å². The van der Waals surface area contributed by atoms with Gasteiger partial charge in [-0.1, -0.05) is 0 Å². The van der Waals surface area contributed by atoms with Gasteiger partial charge in [0, 0.05) is 55.2 Å². The SMILES string of the molecule is Cc1cc(Nc2cn3ccnc3c(N[C@@H]3CCC4CC[C@@H](C3)N4CCC#N)n2)n[nH]1. The van der Waals surface area contributed by atoms with Gasteiger partial charge >= 0.3 is 0 Å². The largest absolute Gasteiger partial charge is 0.364 e. The number of anilines is 3. The summed E-state index contributed by atoms with van der Waals surface area (Å²) in [5.74, 6) is 2.26. The molecule has 2 aliphatic rings. The number of nitrogens with zero attached hydrogens (tertiary/aromatic N) is 6. The lowest BCUT2D eigenvalue weighted by Crippen LogP contribution is -2.36. The van der Waals surface area contributed by atoms with Gasteiger partial charge in [-0.05, 0) is 39.0 Å². The minimum Gasteiger partial charge on any atom is -0.364 e. The Morgan fingerprint density at radius 2 is 2.10 bits per heavy atom. The number of H-pyrrole nitrogens is 1. The molecular formula is C21H27N9. The molecule has 3 atom stereocenters. The van der Waals surface area contributed by atoms with Crippen molar-refractivity contribution in [1.82, 2.24) is 29.5 Å². The first-order chi connectivity index (χ1) is 14.7. The zero-order valence-corrected chi connectivity index (χ0v) is 17.2. The summed E-state index contributed by atoms with van der Waals surface area (Å²) in [6.45, 7) is 2.86. The Labute approximate surface area is 175 Å². The Hall–Kier alpha value is -3.12. The summed E-state index contributed by atoms with van der Waals surface area (Å²) in [6.07, 6.45) is 12.1. The molecule has 0 aromatic carbocycles. The maximum Gasteiger partial charge on any atom is 0.180 e. The van der Waals surface area contributed by atoms with E-state index in [1.165, 1.54) is 12.8 Å². The first kappa shape index (κ1) is 18.9. The molecule has 1 unspecified atom stereocenters. The molecule has 2 aliphatic heterocycles. The van der Waals surface area contributed by atoms with Crippen LogP contribution in [0.15, 0.2) is 24.7 Å². The highest BCUT2D eigenvalue weighted by Crippen LogP contribution is 2.35. The van der Waals surface area contributed by atoms with Gasteiger partial charge in [-0.2, -0.15) is 10.4 Å². The van der Waals surface area contributed by atoms with Crippen molar-refractivity contribution in [3.63, 3.8) is 0 Å². The van der Waals surface area contributed by atoms with Crippen molar-refractivity contribution in [3.05, 3.63) is 30.4 Å². The van der Waals surface area contributed by atoms with E-state index in [4.69, 9.17) is 10.2 Å². The molecule has 2 fully saturated rings. The second-order valence-corrected chi connectivity index (χ2v) is 8.38. The molecule has 156 valence electrons. The van der Waals surface area contributed by atoms with Crippen LogP contribution in [-0.2, 0) is 0 Å². The molecule has 3 N–H and O–H groups in total. The normalized spacial score (nSPS) is 23.9. The summed E-state index contributed by atoms with van der Waals surface area (Å²) in [6, 6.07) is 5.77. The van der Waals surface area contributed by atoms with E-state index in [-0.39, 0.29) is 0 Å². The summed E-state index contributed by atoms with van der Waals surface area (Å²) in [5, 5.41) is 23.2. The Morgan fingerprint density at radius 3 is 2.93 bits per heavy atom. The number of aromatic amines is 1. The van der Waals surface area contributed by atoms with E-state index >= 15 is 0 Å². The zero-order chi connectivity index (χ0) is 20.5. The lowest BCUT2D eigenvalue weighted by atomic mass is 9.97. The van der Waals surface area contributed by atoms with Gasteiger partial charge < -0.3 is 15.0 Å². The number of hydrogen-bond acceptors (Lipinski definition) is 7. The molecule has 3 aromatic rings. The topological polar surface area (TPSA) is 110 Å². The number of hydrogen-bond donors (Lipinski definition) is 3. The quantitative estimate of drug-likeness (QED) is 0.577. The number of rotatable bonds is 6. The molecule has 0 spiro atoms. The Balaban J connectivity index is 1.36. The van der Waals surface area contributed by atoms with E-state index < -0.39 is 0 Å². The Morgan fingerprint density at radius 1 is 1.23 bits per heavy atom. The number of nitrogens with one attached hydrogen (secondary N) is 3. The van der Waals surface area contributed by atoms with Crippen LogP contribution in [-0.4, -0.2) is 54.1 Å². The third kappa shape index (κ3) is 3.71. The molecule has 0 saturated carbocycles. The Kier molecular flexibility index (Phi) is 5.01. The van der Waals surface area contributed by atoms with Gasteiger partial charge in [0.05, 0.1) is 12.3 Å². The molecule has 3 aromatic heterocycles. The fourth-order valence-electron chi connectivity index (χ4n) is 4.99. The maximum atomic E-state index is 9.00. The molecule has 2 saturated heterocycles. The van der Waals surface area contributed by atoms with Gasteiger partial charge in [0.15, 0.2) is 23.1 Å². The van der Waals surface area contributed by atoms with Crippen molar-refractivity contribution in [3.8, 4) is 6.07 Å². The highest BCUT2D eigenvalue weighted by molar-refractivity contribution is 5.67. The molecule has 5 rings (SSSR count). The number of aryl methyl sites for hydroxylation is 1. The molecule has 9 heteroatoms. The molecule has 0 aliphatic carbocycles. The van der Waals surface area contributed by atoms with E-state index in [1.807, 2.05) is 29.8 Å². The number of nitriles is 1. The minimum absolute atomic E-state index is 0.348. The fraction of sp³-hybridized carbons (Fsp3) is 0.524. The van der Waals surface area contributed by atoms with Crippen LogP contribution in [0.4, 0.5) is 17.5 Å². The Bertz CT molecular complexity index is 1060. The smallest absolute Gasteiger partial charge is 0.180 e. The molecule has 9 nitrogen and oxygen atoms in total. The fourth-order valence-corrected chi connectivity index (χ4v) is 4.99. The van der Waals surface area contributed by atoms with Crippen LogP contribution >= 0.6 is 0 Å². The predicted octanol–water partition coefficient (Wildman–Crippen LogP) is 3.22. The number of imidazole rings is 1. The summed E-state index contributed by atoms with van der Waals surface area (Å²) in [5.41, 5.74) is 1.82. The van der Waals surface area contributed by atoms with E-state index in [2.05, 4.69) is 36.8 Å². The van der Waals surface area contributed by atoms with Crippen LogP contribution < -0.4 is 10.6 Å². The number of aromatic nitrogens is 5. The first-order valence-electron chi connectivity index (χ1n) is 10.7. The second kappa shape index (κ2) is 7.95. The predicted molar refractivity (Wildman–Crippen MR) is 115 cm³/mol. The monoisotopic (exact) mass is 405 g/mol. The van der Waals surface area contributed by atoms with E-state index in [9.17, 15) is 0 Å². The average molecular weight is 406 g/mol. The van der Waals surface area contributed by atoms with E-state index in [0.29, 0.717) is 24.5 Å². The third-order valence-corrected chi connectivity index (χ3v) is 6.33. The van der Waals surface area contributed by atoms with Crippen molar-refractivity contribution in [2.45, 2.75) is 63.6 Å². The lowest BCUT2D eigenvalue weighted by molar-refractivity contribution is 0.198. The summed E-state index contributed by atoms with van der Waals surface area (Å²) >= 11 is 0. The van der Waals surface area contributed by atoms with Crippen LogP contribution in [0.5, 0.6) is 0 Å². The van der Waals surface area contributed by atoms with Crippen molar-refractivity contribution in [1.29, 1.82) is 5.26 Å². The number of fused-ring (bicyclic) bond motifs is 3. The first-order valence-corrected chi connectivity index (χ1v) is 10.7. The van der Waals surface area contributed by atoms with E-state index in [0.717, 1.165) is 54.6 Å². The van der Waals surface area contributed by atoms with Crippen LogP contribution in [0.2, 0.25) is 0 Å². The third-order valence-electron chi connectivity index (χ3n) is 6.33. The average Bonchev–Trinajstić information content (AvgIpc) is 3.41. The minimum atomic E-state index is 0.348. The van der Waals surface area contributed by atoms with Crippen molar-refractivity contribution >= 4 is 23.1 Å². The van der Waals surface area contributed by atoms with Crippen LogP contribution in [0.1, 0.15) is 44.2 Å². The van der Waals surface area contributed by atoms with Crippen molar-refractivity contribution < 1.29 is 0 Å². The molecular weight excluding hydrogens is 378 g/mol. The van der Waals surface area contributed by atoms with Crippen molar-refractivity contribution in [2.24, 2.45) is 0 Å². The summed E-state index contributed by atoms with van der Waals surface area (Å²) < 4.78 is 1.99. The van der Waals surface area contributed by atoms with Gasteiger partial charge in [0.1, 0.15) is 0 Å². The molecule has 5 heterocycles. The molecule has 0 radical (unpaired) electrons. The van der Waals surface area contributed by atoms with Gasteiger partial charge in [-0.25, -0.2) is 9.97 Å². The van der Waals surface area contributed by atoms with Crippen molar-refractivity contribution in [2.75, 3.05) is 17.2 Å². The molecule has 2 bridgehead atoms. The molecule has 30 heavy (non-hydrogen) atoms. The summed E-state index contributed by atoms with van der Waals surface area (Å²) in [4.78, 5) is 11.9. The van der Waals surface area contributed by atoms with Crippen LogP contribution in [0, 0.1) is 18.3 Å². The van der Waals surface area contributed by atoms with Gasteiger partial charge in [0.2, 0.25) is 0 Å². The zero-order valence-electron chi connectivity index (χ0n) is 17.2. The lowest BCUT2D eigenvalue weighted by Gasteiger charge is -2.27. The van der Waals surface area contributed by atoms with Crippen LogP contribution in [0.3, 0.4) is 0 Å². The van der Waals surface area contributed by atoms with Gasteiger partial charge in [-0.3, -0.25) is 10.00 Å². The van der Waals surface area contributed by atoms with E-state index in [1.54, 1.807) is 6.20 Å².